The second-order valence-corrected chi connectivity index (χ2v) is 4.90. The van der Waals surface area contributed by atoms with Gasteiger partial charge in [-0.05, 0) is 20.5 Å². The van der Waals surface area contributed by atoms with Crippen LogP contribution in [0.4, 0.5) is 0 Å². The van der Waals surface area contributed by atoms with Gasteiger partial charge in [0.2, 0.25) is 0 Å². The zero-order valence-electron chi connectivity index (χ0n) is 9.12. The average Bonchev–Trinajstić information content (AvgIpc) is 2.58. The summed E-state index contributed by atoms with van der Waals surface area (Å²) >= 11 is 0. The Bertz CT molecular complexity index is 219. The maximum Gasteiger partial charge on any atom is 0.00739 e. The summed E-state index contributed by atoms with van der Waals surface area (Å²) in [6.07, 6.45) is 8.18. The summed E-state index contributed by atoms with van der Waals surface area (Å²) in [5.74, 6) is 0.636. The van der Waals surface area contributed by atoms with Gasteiger partial charge in [0.1, 0.15) is 0 Å². The van der Waals surface area contributed by atoms with Gasteiger partial charge in [0.25, 0.3) is 0 Å². The molecule has 2 fully saturated rings. The van der Waals surface area contributed by atoms with Crippen LogP contribution in [0.25, 0.3) is 0 Å². The molecule has 3 unspecified atom stereocenters. The van der Waals surface area contributed by atoms with Gasteiger partial charge < -0.3 is 9.69 Å². The van der Waals surface area contributed by atoms with Gasteiger partial charge in [-0.2, -0.15) is 0 Å². The van der Waals surface area contributed by atoms with E-state index in [-0.39, 0.29) is 38.1 Å². The summed E-state index contributed by atoms with van der Waals surface area (Å²) in [6, 6.07) is 0.617. The van der Waals surface area contributed by atoms with E-state index in [2.05, 4.69) is 25.3 Å². The average molecular weight is 269 g/mol. The first-order valence-corrected chi connectivity index (χ1v) is 5.24. The van der Waals surface area contributed by atoms with Crippen molar-refractivity contribution in [2.45, 2.75) is 38.1 Å². The molecule has 77 valence electrons. The van der Waals surface area contributed by atoms with Gasteiger partial charge in [-0.1, -0.05) is 31.6 Å². The third-order valence-electron chi connectivity index (χ3n) is 4.05. The summed E-state index contributed by atoms with van der Waals surface area (Å²) in [5, 5.41) is 0. The molecule has 2 aliphatic carbocycles. The Balaban J connectivity index is 0.000000980. The van der Waals surface area contributed by atoms with Crippen molar-refractivity contribution in [3.05, 3.63) is 0 Å². The minimum absolute atomic E-state index is 0. The molecule has 0 aliphatic heterocycles. The molecule has 2 saturated carbocycles. The zero-order valence-corrected chi connectivity index (χ0v) is 12.0. The zero-order chi connectivity index (χ0) is 9.47. The number of hydrogen-bond acceptors (Lipinski definition) is 2. The van der Waals surface area contributed by atoms with Crippen LogP contribution in [0.15, 0.2) is 0 Å². The Morgan fingerprint density at radius 1 is 1.43 bits per heavy atom. The Morgan fingerprint density at radius 3 is 2.64 bits per heavy atom. The fourth-order valence-electron chi connectivity index (χ4n) is 3.16. The van der Waals surface area contributed by atoms with E-state index in [0.29, 0.717) is 12.0 Å². The molecule has 3 atom stereocenters. The van der Waals surface area contributed by atoms with E-state index >= 15 is 0 Å². The van der Waals surface area contributed by atoms with E-state index < -0.39 is 0 Å². The topological polar surface area (TPSA) is 20.3 Å². The number of carbonyl (C=O) groups excluding carboxylic acids is 1. The largest absolute Gasteiger partial charge is 0.541 e. The number of rotatable bonds is 2. The van der Waals surface area contributed by atoms with Crippen molar-refractivity contribution in [1.82, 2.24) is 4.90 Å². The van der Waals surface area contributed by atoms with Gasteiger partial charge in [-0.25, -0.2) is 0 Å². The van der Waals surface area contributed by atoms with E-state index in [4.69, 9.17) is 0 Å². The first kappa shape index (κ1) is 12.8. The molecule has 2 nitrogen and oxygen atoms in total. The normalized spacial score (nSPS) is 40.8. The minimum Gasteiger partial charge on any atom is -0.541 e. The van der Waals surface area contributed by atoms with Crippen molar-refractivity contribution in [2.24, 2.45) is 11.3 Å². The Kier molecular flexibility index (Phi) is 4.31. The molecular formula is C11H18NOY-. The molecule has 0 aromatic carbocycles. The number of nitrogens with zero attached hydrogens (tertiary/aromatic N) is 1. The second-order valence-electron chi connectivity index (χ2n) is 4.90. The van der Waals surface area contributed by atoms with Gasteiger partial charge >= 0.3 is 0 Å². The molecule has 0 N–H and O–H groups in total. The molecule has 0 saturated heterocycles. The molecule has 0 aromatic heterocycles. The van der Waals surface area contributed by atoms with Crippen molar-refractivity contribution < 1.29 is 37.5 Å². The quantitative estimate of drug-likeness (QED) is 0.710. The van der Waals surface area contributed by atoms with Crippen LogP contribution in [0.5, 0.6) is 0 Å². The molecule has 0 aromatic rings. The maximum atomic E-state index is 11.0. The van der Waals surface area contributed by atoms with Crippen molar-refractivity contribution in [3.63, 3.8) is 0 Å². The molecule has 0 bridgehead atoms. The van der Waals surface area contributed by atoms with E-state index in [0.717, 1.165) is 12.8 Å². The van der Waals surface area contributed by atoms with Crippen LogP contribution >= 0.6 is 0 Å². The molecule has 1 radical (unpaired) electrons. The van der Waals surface area contributed by atoms with Gasteiger partial charge in [0, 0.05) is 38.8 Å². The van der Waals surface area contributed by atoms with Crippen LogP contribution < -0.4 is 0 Å². The van der Waals surface area contributed by atoms with E-state index in [1.165, 1.54) is 19.3 Å². The predicted octanol–water partition coefficient (Wildman–Crippen LogP) is 1.60. The molecule has 0 amide bonds. The van der Waals surface area contributed by atoms with E-state index in [1.54, 1.807) is 0 Å². The van der Waals surface area contributed by atoms with Crippen LogP contribution in [0.3, 0.4) is 0 Å². The number of hydrogen-bond donors (Lipinski definition) is 0. The van der Waals surface area contributed by atoms with Crippen LogP contribution in [0, 0.1) is 11.3 Å². The van der Waals surface area contributed by atoms with Crippen LogP contribution in [0.1, 0.15) is 32.1 Å². The van der Waals surface area contributed by atoms with Crippen molar-refractivity contribution in [2.75, 3.05) is 14.1 Å². The van der Waals surface area contributed by atoms with Gasteiger partial charge in [0.05, 0.1) is 0 Å². The molecular weight excluding hydrogens is 251 g/mol. The first-order valence-electron chi connectivity index (χ1n) is 5.24. The van der Waals surface area contributed by atoms with Crippen LogP contribution in [-0.4, -0.2) is 31.3 Å². The van der Waals surface area contributed by atoms with Gasteiger partial charge in [-0.15, -0.1) is 5.41 Å². The summed E-state index contributed by atoms with van der Waals surface area (Å²) < 4.78 is 0. The standard InChI is InChI=1S/C11H18NO.Y/c1-12(2)10-6-9-4-3-5-11(9,7-10)8-13;/h9-10H,3-7H2,1-2H3;/q-1;. The smallest absolute Gasteiger partial charge is 0.00739 e. The third kappa shape index (κ3) is 1.98. The molecule has 0 heterocycles. The predicted molar refractivity (Wildman–Crippen MR) is 52.2 cm³/mol. The molecule has 14 heavy (non-hydrogen) atoms. The number of fused-ring (bicyclic) bond motifs is 1. The van der Waals surface area contributed by atoms with Gasteiger partial charge in [-0.3, -0.25) is 6.29 Å². The Morgan fingerprint density at radius 2 is 2.14 bits per heavy atom. The van der Waals surface area contributed by atoms with Crippen molar-refractivity contribution in [3.8, 4) is 0 Å². The first-order chi connectivity index (χ1) is 6.18. The van der Waals surface area contributed by atoms with Crippen molar-refractivity contribution in [1.29, 1.82) is 0 Å². The SMILES string of the molecule is CN(C)C1CC2CCCC2([C-]=O)C1.[Y]. The van der Waals surface area contributed by atoms with Gasteiger partial charge in [0.15, 0.2) is 0 Å². The second kappa shape index (κ2) is 4.71. The molecule has 3 heteroatoms. The van der Waals surface area contributed by atoms with Crippen molar-refractivity contribution >= 4 is 6.29 Å². The molecule has 2 aliphatic rings. The maximum absolute atomic E-state index is 11.0. The Hall–Kier alpha value is 0.734. The van der Waals surface area contributed by atoms with Crippen LogP contribution in [0.2, 0.25) is 0 Å². The molecule has 2 rings (SSSR count). The fourth-order valence-corrected chi connectivity index (χ4v) is 3.16. The monoisotopic (exact) mass is 269 g/mol. The van der Waals surface area contributed by atoms with Crippen LogP contribution in [-0.2, 0) is 37.5 Å². The third-order valence-corrected chi connectivity index (χ3v) is 4.05. The fraction of sp³-hybridized carbons (Fsp3) is 0.909. The molecule has 0 spiro atoms. The summed E-state index contributed by atoms with van der Waals surface area (Å²) in [6.45, 7) is 0. The summed E-state index contributed by atoms with van der Waals surface area (Å²) in [4.78, 5) is 13.3. The van der Waals surface area contributed by atoms with E-state index in [9.17, 15) is 4.79 Å². The van der Waals surface area contributed by atoms with E-state index in [1.807, 2.05) is 0 Å². The summed E-state index contributed by atoms with van der Waals surface area (Å²) in [7, 11) is 4.23. The summed E-state index contributed by atoms with van der Waals surface area (Å²) in [5.41, 5.74) is -0.0467. The Labute approximate surface area is 112 Å². The minimum atomic E-state index is -0.0467.